The van der Waals surface area contributed by atoms with Crippen LogP contribution in [0.5, 0.6) is 0 Å². The molecule has 0 fully saturated rings. The zero-order valence-electron chi connectivity index (χ0n) is 2.08. The molecule has 0 N–H and O–H groups in total. The molecule has 0 radical (unpaired) electrons. The van der Waals surface area contributed by atoms with Crippen LogP contribution >= 0.6 is 0 Å². The summed E-state index contributed by atoms with van der Waals surface area (Å²) >= 11 is 0. The van der Waals surface area contributed by atoms with Gasteiger partial charge in [-0.2, -0.15) is 0 Å². The molecular formula is NbO4-3. The maximum atomic E-state index is 0. The molecule has 0 bridgehead atoms. The molecule has 0 unspecified atom stereocenters. The van der Waals surface area contributed by atoms with Gasteiger partial charge in [0.15, 0.2) is 0 Å². The Morgan fingerprint density at radius 3 is 0.400 bits per heavy atom. The molecule has 0 rings (SSSR count). The zero-order valence-corrected chi connectivity index (χ0v) is 4.28. The summed E-state index contributed by atoms with van der Waals surface area (Å²) < 4.78 is 0. The summed E-state index contributed by atoms with van der Waals surface area (Å²) in [4.78, 5) is 0. The molecule has 0 saturated carbocycles. The summed E-state index contributed by atoms with van der Waals surface area (Å²) in [5, 5.41) is 0. The van der Waals surface area contributed by atoms with Crippen molar-refractivity contribution in [1.82, 2.24) is 0 Å². The maximum absolute atomic E-state index is 0. The Morgan fingerprint density at radius 2 is 0.400 bits per heavy atom. The van der Waals surface area contributed by atoms with Gasteiger partial charge in [0.05, 0.1) is 0 Å². The third-order valence-electron chi connectivity index (χ3n) is 0. The normalized spacial score (nSPS) is 0. The third-order valence-corrected chi connectivity index (χ3v) is 0. The fraction of sp³-hybridized carbons (Fsp3) is 0. The topological polar surface area (TPSA) is 114 Å². The Morgan fingerprint density at radius 1 is 0.400 bits per heavy atom. The summed E-state index contributed by atoms with van der Waals surface area (Å²) in [6, 6.07) is 0. The molecule has 0 aromatic heterocycles. The van der Waals surface area contributed by atoms with Gasteiger partial charge >= 0.3 is 22.4 Å². The van der Waals surface area contributed by atoms with E-state index in [4.69, 9.17) is 0 Å². The zero-order chi connectivity index (χ0) is 0. The predicted molar refractivity (Wildman–Crippen MR) is 2.75 cm³/mol. The van der Waals surface area contributed by atoms with Crippen molar-refractivity contribution in [2.45, 2.75) is 0 Å². The van der Waals surface area contributed by atoms with Crippen LogP contribution in [-0.2, 0) is 44.3 Å². The minimum Gasteiger partial charge on any atom is -2.00 e. The second-order valence-corrected chi connectivity index (χ2v) is 0. The first-order chi connectivity index (χ1) is 0. The minimum atomic E-state index is 0. The van der Waals surface area contributed by atoms with E-state index in [1.54, 1.807) is 0 Å². The van der Waals surface area contributed by atoms with E-state index in [1.165, 1.54) is 0 Å². The number of hydrogen-bond donors (Lipinski definition) is 0. The summed E-state index contributed by atoms with van der Waals surface area (Å²) in [6.07, 6.45) is 0. The summed E-state index contributed by atoms with van der Waals surface area (Å²) in [5.74, 6) is 0. The minimum absolute atomic E-state index is 0. The van der Waals surface area contributed by atoms with Crippen LogP contribution in [-0.4, -0.2) is 0 Å². The molecule has 0 aliphatic carbocycles. The Bertz CT molecular complexity index is 3.61. The Hall–Kier alpha value is 0.580. The van der Waals surface area contributed by atoms with E-state index in [0.717, 1.165) is 0 Å². The first-order valence-corrected chi connectivity index (χ1v) is 0. The fourth-order valence-electron chi connectivity index (χ4n) is 0. The number of rotatable bonds is 0. The van der Waals surface area contributed by atoms with Crippen molar-refractivity contribution in [2.24, 2.45) is 0 Å². The Balaban J connectivity index is 0. The van der Waals surface area contributed by atoms with Gasteiger partial charge in [0.2, 0.25) is 0 Å². The van der Waals surface area contributed by atoms with E-state index in [9.17, 15) is 0 Å². The third kappa shape index (κ3) is 90.6. The predicted octanol–water partition coefficient (Wildman–Crippen LogP) is -0.478. The summed E-state index contributed by atoms with van der Waals surface area (Å²) in [6.45, 7) is 0. The molecule has 0 saturated heterocycles. The van der Waals surface area contributed by atoms with Crippen molar-refractivity contribution in [2.75, 3.05) is 0 Å². The molecule has 0 aliphatic heterocycles. The van der Waals surface area contributed by atoms with E-state index in [1.807, 2.05) is 0 Å². The van der Waals surface area contributed by atoms with Crippen LogP contribution in [0.1, 0.15) is 0 Å². The van der Waals surface area contributed by atoms with Crippen LogP contribution < -0.4 is 0 Å². The Kier molecular flexibility index (Phi) is 12100. The first kappa shape index (κ1) is 348. The molecule has 0 spiro atoms. The average Bonchev–Trinajstić information content (AvgIpc) is 0. The SMILES string of the molecule is [Nb+5].[O-2].[O-2].[O-2].[O-2]. The van der Waals surface area contributed by atoms with Crippen molar-refractivity contribution < 1.29 is 44.3 Å². The van der Waals surface area contributed by atoms with Crippen LogP contribution in [0.4, 0.5) is 0 Å². The van der Waals surface area contributed by atoms with Gasteiger partial charge < -0.3 is 21.9 Å². The molecule has 5 heteroatoms. The van der Waals surface area contributed by atoms with Gasteiger partial charge in [-0.25, -0.2) is 0 Å². The van der Waals surface area contributed by atoms with Gasteiger partial charge in [0, 0.05) is 0 Å². The molecule has 5 heavy (non-hydrogen) atoms. The molecule has 4 nitrogen and oxygen atoms in total. The van der Waals surface area contributed by atoms with Crippen LogP contribution in [0.2, 0.25) is 0 Å². The maximum Gasteiger partial charge on any atom is 5.00 e. The average molecular weight is 157 g/mol. The van der Waals surface area contributed by atoms with E-state index in [2.05, 4.69) is 0 Å². The van der Waals surface area contributed by atoms with E-state index in [-0.39, 0.29) is 44.3 Å². The molecule has 0 aromatic carbocycles. The molecule has 0 amide bonds. The van der Waals surface area contributed by atoms with Gasteiger partial charge in [-0.1, -0.05) is 0 Å². The molecular weight excluding hydrogens is 157 g/mol. The molecule has 32 valence electrons. The summed E-state index contributed by atoms with van der Waals surface area (Å²) in [5.41, 5.74) is 0. The van der Waals surface area contributed by atoms with Crippen LogP contribution in [0.3, 0.4) is 0 Å². The first-order valence-electron chi connectivity index (χ1n) is 0. The molecule has 0 atom stereocenters. The number of hydrogen-bond acceptors (Lipinski definition) is 0. The molecule has 0 aromatic rings. The van der Waals surface area contributed by atoms with Crippen molar-refractivity contribution in [1.29, 1.82) is 0 Å². The van der Waals surface area contributed by atoms with Crippen molar-refractivity contribution in [3.8, 4) is 0 Å². The van der Waals surface area contributed by atoms with Gasteiger partial charge in [0.25, 0.3) is 0 Å². The standard InChI is InChI=1S/Nb.4O/q+5;4*-2. The quantitative estimate of drug-likeness (QED) is 0.422. The monoisotopic (exact) mass is 157 g/mol. The van der Waals surface area contributed by atoms with Crippen molar-refractivity contribution >= 4 is 0 Å². The van der Waals surface area contributed by atoms with E-state index >= 15 is 0 Å². The van der Waals surface area contributed by atoms with Crippen LogP contribution in [0.25, 0.3) is 0 Å². The van der Waals surface area contributed by atoms with Crippen molar-refractivity contribution in [3.63, 3.8) is 0 Å². The van der Waals surface area contributed by atoms with Crippen LogP contribution in [0.15, 0.2) is 0 Å². The largest absolute Gasteiger partial charge is 5.00 e. The second-order valence-electron chi connectivity index (χ2n) is 0. The summed E-state index contributed by atoms with van der Waals surface area (Å²) in [7, 11) is 0. The van der Waals surface area contributed by atoms with Crippen LogP contribution in [0, 0.1) is 0 Å². The van der Waals surface area contributed by atoms with Crippen molar-refractivity contribution in [3.05, 3.63) is 0 Å². The van der Waals surface area contributed by atoms with E-state index in [0.29, 0.717) is 0 Å². The van der Waals surface area contributed by atoms with Gasteiger partial charge in [-0.3, -0.25) is 0 Å². The smallest absolute Gasteiger partial charge is 2.00 e. The molecule has 0 heterocycles. The molecule has 0 aliphatic rings. The fourth-order valence-corrected chi connectivity index (χ4v) is 0. The van der Waals surface area contributed by atoms with E-state index < -0.39 is 0 Å². The second kappa shape index (κ2) is 174. The van der Waals surface area contributed by atoms with Gasteiger partial charge in [-0.05, 0) is 0 Å². The van der Waals surface area contributed by atoms with Gasteiger partial charge in [0.1, 0.15) is 0 Å². The Labute approximate surface area is 44.9 Å². The van der Waals surface area contributed by atoms with Gasteiger partial charge in [-0.15, -0.1) is 0 Å².